The van der Waals surface area contributed by atoms with Crippen LogP contribution in [0.25, 0.3) is 88.0 Å². The molecule has 0 nitrogen and oxygen atoms in total. The van der Waals surface area contributed by atoms with Gasteiger partial charge in [0.1, 0.15) is 0 Å². The fourth-order valence-electron chi connectivity index (χ4n) is 7.98. The highest BCUT2D eigenvalue weighted by Crippen LogP contribution is 2.40. The Morgan fingerprint density at radius 2 is 0.656 bits per heavy atom. The minimum atomic E-state index is 0. The standard InChI is InChI=1S/C51H38.C4H10.C3H8.C2H6.CH4/c1-33-26-42(40-15-11-14-39(30-40)38-22-20-37(21-23-38)36-12-5-4-6-13-36)31-43(27-33)50-29-34(2)49(28-35(50)3)41-24-25-48-46-18-8-7-16-44(46)45-17-9-10-19-47(45)51(48)32-41;1-3-4-2;1-3-2;1-2;/h4-32H,1-3H3;3-4H2,1-2H3;3H2,1-2H3;1-2H3;1H4. The van der Waals surface area contributed by atoms with E-state index in [-0.39, 0.29) is 7.43 Å². The number of hydrogen-bond donors (Lipinski definition) is 0. The molecule has 0 heterocycles. The molecule has 0 aliphatic heterocycles. The average molecular weight is 799 g/mol. The first-order valence-corrected chi connectivity index (χ1v) is 22.2. The van der Waals surface area contributed by atoms with Gasteiger partial charge in [-0.25, -0.2) is 0 Å². The number of unbranched alkanes of at least 4 members (excludes halogenated alkanes) is 1. The summed E-state index contributed by atoms with van der Waals surface area (Å²) in [5.41, 5.74) is 16.3. The number of rotatable bonds is 6. The monoisotopic (exact) mass is 799 g/mol. The first-order valence-electron chi connectivity index (χ1n) is 22.2. The van der Waals surface area contributed by atoms with Gasteiger partial charge < -0.3 is 0 Å². The third-order valence-corrected chi connectivity index (χ3v) is 11.0. The maximum atomic E-state index is 2.40. The maximum Gasteiger partial charge on any atom is -0.00928 e. The topological polar surface area (TPSA) is 0 Å². The van der Waals surface area contributed by atoms with E-state index in [0.29, 0.717) is 0 Å². The van der Waals surface area contributed by atoms with Gasteiger partial charge in [-0.2, -0.15) is 0 Å². The van der Waals surface area contributed by atoms with Crippen molar-refractivity contribution in [2.24, 2.45) is 0 Å². The van der Waals surface area contributed by atoms with Crippen LogP contribution in [-0.2, 0) is 0 Å². The minimum Gasteiger partial charge on any atom is -0.0776 e. The highest BCUT2D eigenvalue weighted by Gasteiger charge is 2.14. The summed E-state index contributed by atoms with van der Waals surface area (Å²) in [4.78, 5) is 0. The molecule has 0 fully saturated rings. The lowest BCUT2D eigenvalue weighted by Crippen LogP contribution is -1.92. The van der Waals surface area contributed by atoms with Crippen molar-refractivity contribution < 1.29 is 0 Å². The molecule has 0 heteroatoms. The molecule has 0 unspecified atom stereocenters. The van der Waals surface area contributed by atoms with E-state index in [1.54, 1.807) is 0 Å². The Balaban J connectivity index is 0.000000650. The molecule has 61 heavy (non-hydrogen) atoms. The Bertz CT molecular complexity index is 2760. The van der Waals surface area contributed by atoms with Crippen LogP contribution in [0.3, 0.4) is 0 Å². The van der Waals surface area contributed by atoms with E-state index in [2.05, 4.69) is 224 Å². The third-order valence-electron chi connectivity index (χ3n) is 11.0. The summed E-state index contributed by atoms with van der Waals surface area (Å²) >= 11 is 0. The Morgan fingerprint density at radius 3 is 1.18 bits per heavy atom. The molecule has 310 valence electrons. The summed E-state index contributed by atoms with van der Waals surface area (Å²) in [5, 5.41) is 7.84. The van der Waals surface area contributed by atoms with Gasteiger partial charge in [-0.05, 0) is 144 Å². The van der Waals surface area contributed by atoms with Crippen molar-refractivity contribution >= 4 is 32.3 Å². The second-order valence-electron chi connectivity index (χ2n) is 15.7. The van der Waals surface area contributed by atoms with Gasteiger partial charge in [-0.15, -0.1) is 0 Å². The SMILES string of the molecule is C.CC.CCC.CCCC.Cc1cc(-c2cccc(-c3ccc(-c4ccccc4)cc3)c2)cc(-c2cc(C)c(-c3ccc4c5ccccc5c5ccccc5c4c3)cc2C)c1. The summed E-state index contributed by atoms with van der Waals surface area (Å²) in [6, 6.07) is 64.8. The summed E-state index contributed by atoms with van der Waals surface area (Å²) in [7, 11) is 0. The van der Waals surface area contributed by atoms with Crippen molar-refractivity contribution in [2.45, 2.75) is 89.0 Å². The zero-order chi connectivity index (χ0) is 42.6. The quantitative estimate of drug-likeness (QED) is 0.147. The van der Waals surface area contributed by atoms with E-state index in [4.69, 9.17) is 0 Å². The molecule has 9 rings (SSSR count). The predicted octanol–water partition coefficient (Wildman–Crippen LogP) is 19.3. The molecular formula is C61H66. The van der Waals surface area contributed by atoms with Crippen LogP contribution in [0, 0.1) is 20.8 Å². The Morgan fingerprint density at radius 1 is 0.295 bits per heavy atom. The van der Waals surface area contributed by atoms with Crippen LogP contribution >= 0.6 is 0 Å². The summed E-state index contributed by atoms with van der Waals surface area (Å²) in [5.74, 6) is 0. The first-order chi connectivity index (χ1) is 29.3. The Labute approximate surface area is 368 Å². The number of aryl methyl sites for hydroxylation is 3. The number of hydrogen-bond acceptors (Lipinski definition) is 0. The molecule has 0 bridgehead atoms. The lowest BCUT2D eigenvalue weighted by molar-refractivity contribution is 0.886. The molecule has 0 spiro atoms. The lowest BCUT2D eigenvalue weighted by Gasteiger charge is -2.16. The van der Waals surface area contributed by atoms with Crippen LogP contribution in [0.1, 0.15) is 84.9 Å². The van der Waals surface area contributed by atoms with Gasteiger partial charge in [0.25, 0.3) is 0 Å². The molecule has 0 aliphatic rings. The van der Waals surface area contributed by atoms with Crippen LogP contribution in [0.15, 0.2) is 176 Å². The molecule has 0 saturated carbocycles. The van der Waals surface area contributed by atoms with E-state index in [1.165, 1.54) is 124 Å². The zero-order valence-electron chi connectivity index (χ0n) is 37.4. The van der Waals surface area contributed by atoms with E-state index < -0.39 is 0 Å². The molecule has 0 saturated heterocycles. The highest BCUT2D eigenvalue weighted by atomic mass is 14.2. The summed E-state index contributed by atoms with van der Waals surface area (Å²) < 4.78 is 0. The summed E-state index contributed by atoms with van der Waals surface area (Å²) in [6.45, 7) is 19.3. The fraction of sp³-hybridized carbons (Fsp3) is 0.213. The molecule has 0 amide bonds. The first kappa shape index (κ1) is 45.8. The van der Waals surface area contributed by atoms with Crippen LogP contribution in [0.2, 0.25) is 0 Å². The van der Waals surface area contributed by atoms with Crippen molar-refractivity contribution in [2.75, 3.05) is 0 Å². The van der Waals surface area contributed by atoms with Gasteiger partial charge >= 0.3 is 0 Å². The molecule has 0 radical (unpaired) electrons. The normalized spacial score (nSPS) is 10.4. The van der Waals surface area contributed by atoms with Gasteiger partial charge in [0, 0.05) is 0 Å². The second kappa shape index (κ2) is 21.8. The molecule has 0 aromatic heterocycles. The van der Waals surface area contributed by atoms with Gasteiger partial charge in [-0.1, -0.05) is 226 Å². The number of fused-ring (bicyclic) bond motifs is 6. The minimum absolute atomic E-state index is 0. The van der Waals surface area contributed by atoms with Gasteiger partial charge in [0.15, 0.2) is 0 Å². The molecule has 0 N–H and O–H groups in total. The van der Waals surface area contributed by atoms with E-state index >= 15 is 0 Å². The highest BCUT2D eigenvalue weighted by molar-refractivity contribution is 6.25. The predicted molar refractivity (Wildman–Crippen MR) is 275 cm³/mol. The largest absolute Gasteiger partial charge is 0.0776 e. The van der Waals surface area contributed by atoms with Gasteiger partial charge in [0.05, 0.1) is 0 Å². The van der Waals surface area contributed by atoms with Crippen molar-refractivity contribution in [1.29, 1.82) is 0 Å². The van der Waals surface area contributed by atoms with Gasteiger partial charge in [0.2, 0.25) is 0 Å². The Kier molecular flexibility index (Phi) is 16.4. The summed E-state index contributed by atoms with van der Waals surface area (Å²) in [6.07, 6.45) is 3.89. The lowest BCUT2D eigenvalue weighted by atomic mass is 9.88. The fourth-order valence-corrected chi connectivity index (χ4v) is 7.98. The van der Waals surface area contributed by atoms with E-state index in [9.17, 15) is 0 Å². The zero-order valence-corrected chi connectivity index (χ0v) is 37.4. The van der Waals surface area contributed by atoms with Crippen molar-refractivity contribution in [1.82, 2.24) is 0 Å². The van der Waals surface area contributed by atoms with E-state index in [1.807, 2.05) is 13.8 Å². The van der Waals surface area contributed by atoms with Crippen LogP contribution in [-0.4, -0.2) is 0 Å². The van der Waals surface area contributed by atoms with E-state index in [0.717, 1.165) is 0 Å². The van der Waals surface area contributed by atoms with Crippen LogP contribution in [0.4, 0.5) is 0 Å². The van der Waals surface area contributed by atoms with Crippen LogP contribution in [0.5, 0.6) is 0 Å². The molecule has 0 atom stereocenters. The Hall–Kier alpha value is -6.24. The van der Waals surface area contributed by atoms with Crippen molar-refractivity contribution in [3.05, 3.63) is 193 Å². The second-order valence-corrected chi connectivity index (χ2v) is 15.7. The molecule has 0 aliphatic carbocycles. The van der Waals surface area contributed by atoms with Crippen LogP contribution < -0.4 is 0 Å². The average Bonchev–Trinajstić information content (AvgIpc) is 3.30. The molecular weight excluding hydrogens is 733 g/mol. The van der Waals surface area contributed by atoms with Crippen molar-refractivity contribution in [3.63, 3.8) is 0 Å². The maximum absolute atomic E-state index is 2.40. The third kappa shape index (κ3) is 10.4. The molecule has 9 aromatic rings. The molecule has 9 aromatic carbocycles. The van der Waals surface area contributed by atoms with Gasteiger partial charge in [-0.3, -0.25) is 0 Å². The smallest absolute Gasteiger partial charge is 0.00928 e. The van der Waals surface area contributed by atoms with Crippen molar-refractivity contribution in [3.8, 4) is 55.6 Å². The number of benzene rings is 9.